The van der Waals surface area contributed by atoms with E-state index in [9.17, 15) is 0 Å². The quantitative estimate of drug-likeness (QED) is 0.290. The molecule has 0 aromatic rings. The molecule has 0 saturated heterocycles. The van der Waals surface area contributed by atoms with E-state index in [2.05, 4.69) is 27.4 Å². The molecule has 7 heteroatoms. The first-order chi connectivity index (χ1) is 10.5. The molecule has 1 rings (SSSR count). The molecule has 6 nitrogen and oxygen atoms in total. The van der Waals surface area contributed by atoms with Crippen molar-refractivity contribution in [3.8, 4) is 0 Å². The number of hydrogen-bond donors (Lipinski definition) is 2. The topological polar surface area (TPSA) is 58.1 Å². The van der Waals surface area contributed by atoms with E-state index in [-0.39, 0.29) is 29.6 Å². The lowest BCUT2D eigenvalue weighted by molar-refractivity contribution is 0.0310. The minimum Gasteiger partial charge on any atom is -0.383 e. The van der Waals surface area contributed by atoms with E-state index in [1.54, 1.807) is 14.2 Å². The Balaban J connectivity index is 0.00000484. The molecule has 0 bridgehead atoms. The Labute approximate surface area is 158 Å². The van der Waals surface area contributed by atoms with Crippen molar-refractivity contribution in [2.45, 2.75) is 45.3 Å². The summed E-state index contributed by atoms with van der Waals surface area (Å²) in [7, 11) is 3.48. The van der Waals surface area contributed by atoms with Crippen LogP contribution in [0.3, 0.4) is 0 Å². The van der Waals surface area contributed by atoms with Crippen molar-refractivity contribution in [1.82, 2.24) is 15.5 Å². The van der Waals surface area contributed by atoms with Gasteiger partial charge in [-0.25, -0.2) is 0 Å². The van der Waals surface area contributed by atoms with Gasteiger partial charge in [0, 0.05) is 46.4 Å². The van der Waals surface area contributed by atoms with Crippen molar-refractivity contribution in [3.05, 3.63) is 0 Å². The summed E-state index contributed by atoms with van der Waals surface area (Å²) in [5, 5.41) is 6.69. The van der Waals surface area contributed by atoms with Crippen LogP contribution in [-0.4, -0.2) is 76.1 Å². The van der Waals surface area contributed by atoms with Crippen LogP contribution in [0.5, 0.6) is 0 Å². The van der Waals surface area contributed by atoms with Crippen LogP contribution < -0.4 is 10.6 Å². The third-order valence-electron chi connectivity index (χ3n) is 3.85. The molecule has 2 N–H and O–H groups in total. The van der Waals surface area contributed by atoms with E-state index in [1.807, 2.05) is 13.8 Å². The molecule has 1 aliphatic rings. The average Bonchev–Trinajstić information content (AvgIpc) is 3.33. The predicted molar refractivity (Wildman–Crippen MR) is 107 cm³/mol. The van der Waals surface area contributed by atoms with Gasteiger partial charge >= 0.3 is 0 Å². The Hall–Kier alpha value is -0.120. The highest BCUT2D eigenvalue weighted by atomic mass is 127. The van der Waals surface area contributed by atoms with Crippen LogP contribution in [0, 0.1) is 0 Å². The molecule has 0 aliphatic heterocycles. The van der Waals surface area contributed by atoms with Crippen LogP contribution in [0.15, 0.2) is 4.99 Å². The maximum Gasteiger partial charge on any atom is 0.191 e. The normalized spacial score (nSPS) is 15.5. The molecule has 0 amide bonds. The van der Waals surface area contributed by atoms with Crippen molar-refractivity contribution in [3.63, 3.8) is 0 Å². The van der Waals surface area contributed by atoms with Crippen LogP contribution in [0.1, 0.15) is 33.6 Å². The molecule has 1 fully saturated rings. The molecule has 1 saturated carbocycles. The SMILES string of the molecule is CCNC(=NCC(C)(C)OC)NCCN(CCOC)C1CC1.I. The van der Waals surface area contributed by atoms with Gasteiger partial charge in [0.15, 0.2) is 5.96 Å². The number of ether oxygens (including phenoxy) is 2. The summed E-state index contributed by atoms with van der Waals surface area (Å²) in [5.74, 6) is 0.857. The lowest BCUT2D eigenvalue weighted by atomic mass is 10.1. The van der Waals surface area contributed by atoms with Crippen LogP contribution in [0.2, 0.25) is 0 Å². The maximum atomic E-state index is 5.41. The Bertz CT molecular complexity index is 336. The van der Waals surface area contributed by atoms with E-state index in [0.29, 0.717) is 6.54 Å². The summed E-state index contributed by atoms with van der Waals surface area (Å²) >= 11 is 0. The predicted octanol–water partition coefficient (Wildman–Crippen LogP) is 1.70. The molecule has 0 spiro atoms. The van der Waals surface area contributed by atoms with Gasteiger partial charge in [0.1, 0.15) is 0 Å². The fourth-order valence-electron chi connectivity index (χ4n) is 2.12. The monoisotopic (exact) mass is 442 g/mol. The van der Waals surface area contributed by atoms with E-state index in [4.69, 9.17) is 9.47 Å². The van der Waals surface area contributed by atoms with E-state index < -0.39 is 0 Å². The molecule has 0 atom stereocenters. The number of methoxy groups -OCH3 is 2. The summed E-state index contributed by atoms with van der Waals surface area (Å²) in [4.78, 5) is 7.10. The molecular formula is C16H35IN4O2. The van der Waals surface area contributed by atoms with Crippen molar-refractivity contribution < 1.29 is 9.47 Å². The number of nitrogens with zero attached hydrogens (tertiary/aromatic N) is 2. The fourth-order valence-corrected chi connectivity index (χ4v) is 2.12. The van der Waals surface area contributed by atoms with Crippen molar-refractivity contribution >= 4 is 29.9 Å². The summed E-state index contributed by atoms with van der Waals surface area (Å²) < 4.78 is 10.6. The minimum absolute atomic E-state index is 0. The second-order valence-electron chi connectivity index (χ2n) is 6.35. The van der Waals surface area contributed by atoms with Crippen LogP contribution in [0.4, 0.5) is 0 Å². The van der Waals surface area contributed by atoms with Gasteiger partial charge in [-0.15, -0.1) is 24.0 Å². The molecule has 23 heavy (non-hydrogen) atoms. The number of hydrogen-bond acceptors (Lipinski definition) is 4. The first-order valence-corrected chi connectivity index (χ1v) is 8.32. The number of nitrogens with one attached hydrogen (secondary N) is 2. The minimum atomic E-state index is -0.235. The fraction of sp³-hybridized carbons (Fsp3) is 0.938. The molecule has 0 unspecified atom stereocenters. The summed E-state index contributed by atoms with van der Waals surface area (Å²) in [6, 6.07) is 0.754. The Morgan fingerprint density at radius 3 is 2.43 bits per heavy atom. The summed E-state index contributed by atoms with van der Waals surface area (Å²) in [6.07, 6.45) is 2.64. The molecule has 0 aromatic heterocycles. The summed E-state index contributed by atoms with van der Waals surface area (Å²) in [5.41, 5.74) is -0.235. The van der Waals surface area contributed by atoms with Gasteiger partial charge in [-0.2, -0.15) is 0 Å². The lowest BCUT2D eigenvalue weighted by Crippen LogP contribution is -2.43. The number of aliphatic imine (C=N–C) groups is 1. The van der Waals surface area contributed by atoms with Crippen molar-refractivity contribution in [1.29, 1.82) is 0 Å². The zero-order chi connectivity index (χ0) is 16.4. The number of rotatable bonds is 11. The van der Waals surface area contributed by atoms with Crippen LogP contribution in [-0.2, 0) is 9.47 Å². The van der Waals surface area contributed by atoms with E-state index in [0.717, 1.165) is 44.8 Å². The van der Waals surface area contributed by atoms with E-state index in [1.165, 1.54) is 12.8 Å². The third-order valence-corrected chi connectivity index (χ3v) is 3.85. The molecule has 0 heterocycles. The second kappa shape index (κ2) is 12.3. The number of halogens is 1. The number of guanidine groups is 1. The standard InChI is InChI=1S/C16H34N4O2.HI/c1-6-17-15(19-13-16(2,3)22-5)18-9-10-20(11-12-21-4)14-7-8-14;/h14H,6-13H2,1-5H3,(H2,17,18,19);1H. The van der Waals surface area contributed by atoms with Gasteiger partial charge in [0.2, 0.25) is 0 Å². The Morgan fingerprint density at radius 1 is 1.22 bits per heavy atom. The van der Waals surface area contributed by atoms with Gasteiger partial charge in [0.05, 0.1) is 18.8 Å². The first kappa shape index (κ1) is 22.9. The largest absolute Gasteiger partial charge is 0.383 e. The summed E-state index contributed by atoms with van der Waals surface area (Å²) in [6.45, 7) is 11.4. The first-order valence-electron chi connectivity index (χ1n) is 8.32. The lowest BCUT2D eigenvalue weighted by Gasteiger charge is -2.23. The van der Waals surface area contributed by atoms with Crippen LogP contribution >= 0.6 is 24.0 Å². The maximum absolute atomic E-state index is 5.41. The zero-order valence-electron chi connectivity index (χ0n) is 15.4. The highest BCUT2D eigenvalue weighted by Crippen LogP contribution is 2.25. The van der Waals surface area contributed by atoms with E-state index >= 15 is 0 Å². The molecule has 0 radical (unpaired) electrons. The zero-order valence-corrected chi connectivity index (χ0v) is 17.7. The molecular weight excluding hydrogens is 407 g/mol. The molecule has 1 aliphatic carbocycles. The van der Waals surface area contributed by atoms with Crippen LogP contribution in [0.25, 0.3) is 0 Å². The Morgan fingerprint density at radius 2 is 1.91 bits per heavy atom. The highest BCUT2D eigenvalue weighted by molar-refractivity contribution is 14.0. The van der Waals surface area contributed by atoms with Gasteiger partial charge in [-0.1, -0.05) is 0 Å². The van der Waals surface area contributed by atoms with Gasteiger partial charge in [-0.05, 0) is 33.6 Å². The average molecular weight is 442 g/mol. The van der Waals surface area contributed by atoms with Gasteiger partial charge in [0.25, 0.3) is 0 Å². The molecule has 138 valence electrons. The third kappa shape index (κ3) is 10.4. The smallest absolute Gasteiger partial charge is 0.191 e. The molecule has 0 aromatic carbocycles. The van der Waals surface area contributed by atoms with Gasteiger partial charge in [-0.3, -0.25) is 9.89 Å². The second-order valence-corrected chi connectivity index (χ2v) is 6.35. The van der Waals surface area contributed by atoms with Gasteiger partial charge < -0.3 is 20.1 Å². The Kier molecular flexibility index (Phi) is 12.2. The van der Waals surface area contributed by atoms with Crippen molar-refractivity contribution in [2.75, 3.05) is 53.6 Å². The highest BCUT2D eigenvalue weighted by Gasteiger charge is 2.28. The van der Waals surface area contributed by atoms with Crippen molar-refractivity contribution in [2.24, 2.45) is 4.99 Å².